The number of H-pyrrole nitrogens is 1. The SMILES string of the molecule is CCCc1c(Cc2ccc(-c3ccccc3-c3noc(=O)[nH]3)cc2)c(=O)n(C2CCC(OCC(O)C3CC3)CC2)c2ncnn12.[H-].[K+]. The Morgan fingerprint density at radius 1 is 1.04 bits per heavy atom. The molecule has 236 valence electrons. The van der Waals surface area contributed by atoms with Gasteiger partial charge in [-0.1, -0.05) is 67.0 Å². The third kappa shape index (κ3) is 6.94. The van der Waals surface area contributed by atoms with Crippen LogP contribution in [-0.4, -0.2) is 53.2 Å². The van der Waals surface area contributed by atoms with Crippen LogP contribution < -0.4 is 62.7 Å². The zero-order valence-electron chi connectivity index (χ0n) is 27.4. The Kier molecular flexibility index (Phi) is 10.5. The monoisotopic (exact) mass is 650 g/mol. The molecule has 46 heavy (non-hydrogen) atoms. The Bertz CT molecular complexity index is 1910. The molecule has 7 rings (SSSR count). The second kappa shape index (κ2) is 14.6. The van der Waals surface area contributed by atoms with Gasteiger partial charge in [0.2, 0.25) is 5.78 Å². The maximum atomic E-state index is 14.3. The smallest absolute Gasteiger partial charge is 1.00 e. The summed E-state index contributed by atoms with van der Waals surface area (Å²) in [6.07, 6.45) is 8.83. The Balaban J connectivity index is 0.00000217. The van der Waals surface area contributed by atoms with Crippen LogP contribution in [0.3, 0.4) is 0 Å². The number of rotatable bonds is 11. The van der Waals surface area contributed by atoms with Crippen molar-refractivity contribution in [1.82, 2.24) is 29.3 Å². The fourth-order valence-electron chi connectivity index (χ4n) is 6.69. The fourth-order valence-corrected chi connectivity index (χ4v) is 6.69. The van der Waals surface area contributed by atoms with E-state index >= 15 is 0 Å². The first kappa shape index (κ1) is 33.2. The summed E-state index contributed by atoms with van der Waals surface area (Å²) in [6, 6.07) is 15.8. The standard InChI is InChI=1S/C34H38N6O5.K.H/c1-2-5-29-28(18-21-8-10-22(11-9-21)26-6-3-4-7-27(26)31-37-34(43)45-38-31)32(42)39(33-35-20-36-40(29)33)24-14-16-25(17-15-24)44-19-30(41)23-12-13-23;;/h3-4,6-11,20,23-25,30,41H,2,5,12-19H2,1H3,(H,37,38,43);;/q;+1;-1. The maximum absolute atomic E-state index is 14.3. The maximum Gasteiger partial charge on any atom is 1.00 e. The molecule has 3 aromatic heterocycles. The molecule has 0 radical (unpaired) electrons. The van der Waals surface area contributed by atoms with Gasteiger partial charge in [0.25, 0.3) is 5.56 Å². The molecule has 12 heteroatoms. The molecule has 11 nitrogen and oxygen atoms in total. The average molecular weight is 651 g/mol. The van der Waals surface area contributed by atoms with Crippen LogP contribution in [-0.2, 0) is 17.6 Å². The molecule has 3 heterocycles. The number of hydrogen-bond donors (Lipinski definition) is 2. The summed E-state index contributed by atoms with van der Waals surface area (Å²) in [5.41, 5.74) is 5.29. The summed E-state index contributed by atoms with van der Waals surface area (Å²) < 4.78 is 14.5. The van der Waals surface area contributed by atoms with E-state index in [4.69, 9.17) is 9.26 Å². The number of benzene rings is 2. The number of aryl methyl sites for hydroxylation is 1. The number of aromatic nitrogens is 6. The van der Waals surface area contributed by atoms with Gasteiger partial charge in [-0.15, -0.1) is 0 Å². The zero-order chi connectivity index (χ0) is 30.9. The van der Waals surface area contributed by atoms with E-state index in [2.05, 4.69) is 27.1 Å². The van der Waals surface area contributed by atoms with E-state index < -0.39 is 5.76 Å². The second-order valence-corrected chi connectivity index (χ2v) is 12.4. The van der Waals surface area contributed by atoms with Gasteiger partial charge in [0, 0.05) is 23.6 Å². The molecule has 5 aromatic rings. The summed E-state index contributed by atoms with van der Waals surface area (Å²) in [5.74, 6) is 0.776. The molecule has 0 bridgehead atoms. The molecule has 2 saturated carbocycles. The van der Waals surface area contributed by atoms with E-state index in [0.717, 1.165) is 84.9 Å². The van der Waals surface area contributed by atoms with Gasteiger partial charge in [-0.25, -0.2) is 9.31 Å². The van der Waals surface area contributed by atoms with Gasteiger partial charge in [-0.3, -0.25) is 18.9 Å². The number of hydrogen-bond acceptors (Lipinski definition) is 8. The Morgan fingerprint density at radius 2 is 1.78 bits per heavy atom. The van der Waals surface area contributed by atoms with Crippen molar-refractivity contribution < 1.29 is 67.2 Å². The number of fused-ring (bicyclic) bond motifs is 1. The third-order valence-corrected chi connectivity index (χ3v) is 9.26. The van der Waals surface area contributed by atoms with Crippen LogP contribution in [0, 0.1) is 5.92 Å². The molecule has 2 aliphatic rings. The summed E-state index contributed by atoms with van der Waals surface area (Å²) in [5, 5.41) is 18.7. The molecule has 2 N–H and O–H groups in total. The van der Waals surface area contributed by atoms with E-state index in [1.807, 2.05) is 57.6 Å². The first-order valence-electron chi connectivity index (χ1n) is 16.0. The first-order valence-corrected chi connectivity index (χ1v) is 16.0. The number of nitrogens with zero attached hydrogens (tertiary/aromatic N) is 5. The van der Waals surface area contributed by atoms with Gasteiger partial charge in [0.1, 0.15) is 6.33 Å². The van der Waals surface area contributed by atoms with Crippen LogP contribution in [0.15, 0.2) is 69.0 Å². The molecule has 0 aliphatic heterocycles. The van der Waals surface area contributed by atoms with Crippen LogP contribution in [0.4, 0.5) is 0 Å². The van der Waals surface area contributed by atoms with Crippen molar-refractivity contribution in [2.45, 2.75) is 83.0 Å². The van der Waals surface area contributed by atoms with Crippen molar-refractivity contribution in [3.8, 4) is 22.5 Å². The van der Waals surface area contributed by atoms with Gasteiger partial charge in [0.05, 0.1) is 24.5 Å². The van der Waals surface area contributed by atoms with Crippen molar-refractivity contribution >= 4 is 5.78 Å². The van der Waals surface area contributed by atoms with Gasteiger partial charge >= 0.3 is 57.1 Å². The molecule has 2 fully saturated rings. The van der Waals surface area contributed by atoms with Gasteiger partial charge in [0.15, 0.2) is 5.82 Å². The predicted molar refractivity (Wildman–Crippen MR) is 169 cm³/mol. The van der Waals surface area contributed by atoms with E-state index in [9.17, 15) is 14.7 Å². The van der Waals surface area contributed by atoms with Gasteiger partial charge in [-0.2, -0.15) is 10.1 Å². The molecular formula is C34H39KN6O5. The summed E-state index contributed by atoms with van der Waals surface area (Å²) in [7, 11) is 0. The van der Waals surface area contributed by atoms with Crippen molar-refractivity contribution in [1.29, 1.82) is 0 Å². The minimum atomic E-state index is -0.599. The number of aliphatic hydroxyl groups is 1. The number of ether oxygens (including phenoxy) is 1. The third-order valence-electron chi connectivity index (χ3n) is 9.26. The van der Waals surface area contributed by atoms with Crippen LogP contribution >= 0.6 is 0 Å². The molecule has 1 unspecified atom stereocenters. The average Bonchev–Trinajstić information content (AvgIpc) is 3.66. The number of aromatic amines is 1. The van der Waals surface area contributed by atoms with Crippen LogP contribution in [0.2, 0.25) is 0 Å². The second-order valence-electron chi connectivity index (χ2n) is 12.4. The van der Waals surface area contributed by atoms with Crippen molar-refractivity contribution in [2.24, 2.45) is 5.92 Å². The van der Waals surface area contributed by atoms with Gasteiger partial charge in [-0.05, 0) is 67.6 Å². The fraction of sp³-hybridized carbons (Fsp3) is 0.441. The molecule has 0 saturated heterocycles. The minimum absolute atomic E-state index is 0. The van der Waals surface area contributed by atoms with Gasteiger partial charge < -0.3 is 11.3 Å². The summed E-state index contributed by atoms with van der Waals surface area (Å²) in [6.45, 7) is 2.50. The Labute approximate surface area is 310 Å². The topological polar surface area (TPSA) is 141 Å². The van der Waals surface area contributed by atoms with Crippen LogP contribution in [0.25, 0.3) is 28.3 Å². The zero-order valence-corrected chi connectivity index (χ0v) is 29.5. The van der Waals surface area contributed by atoms with E-state index in [1.165, 1.54) is 6.33 Å². The Hall–Kier alpha value is -2.71. The van der Waals surface area contributed by atoms with Crippen LogP contribution in [0.5, 0.6) is 0 Å². The summed E-state index contributed by atoms with van der Waals surface area (Å²) >= 11 is 0. The molecule has 0 spiro atoms. The molecule has 2 aliphatic carbocycles. The molecule has 1 atom stereocenters. The predicted octanol–water partition coefficient (Wildman–Crippen LogP) is 1.83. The number of nitrogens with one attached hydrogen (secondary N) is 1. The molecule has 0 amide bonds. The largest absolute Gasteiger partial charge is 1.00 e. The normalized spacial score (nSPS) is 18.8. The van der Waals surface area contributed by atoms with E-state index in [-0.39, 0.29) is 76.6 Å². The quantitative estimate of drug-likeness (QED) is 0.207. The van der Waals surface area contributed by atoms with Crippen molar-refractivity contribution in [2.75, 3.05) is 6.61 Å². The van der Waals surface area contributed by atoms with Crippen molar-refractivity contribution in [3.63, 3.8) is 0 Å². The van der Waals surface area contributed by atoms with E-state index in [0.29, 0.717) is 30.5 Å². The molecular weight excluding hydrogens is 612 g/mol. The van der Waals surface area contributed by atoms with Crippen LogP contribution in [0.1, 0.15) is 76.2 Å². The Morgan fingerprint density at radius 3 is 2.46 bits per heavy atom. The van der Waals surface area contributed by atoms with E-state index in [1.54, 1.807) is 0 Å². The molecule has 2 aromatic carbocycles. The van der Waals surface area contributed by atoms with Crippen molar-refractivity contribution in [3.05, 3.63) is 92.6 Å². The minimum Gasteiger partial charge on any atom is -1.00 e. The summed E-state index contributed by atoms with van der Waals surface area (Å²) in [4.78, 5) is 33.1. The number of aliphatic hydroxyl groups excluding tert-OH is 1. The first-order chi connectivity index (χ1) is 22.0.